The predicted octanol–water partition coefficient (Wildman–Crippen LogP) is 2.57. The average molecular weight is 301 g/mol. The van der Waals surface area contributed by atoms with Gasteiger partial charge < -0.3 is 10.6 Å². The van der Waals surface area contributed by atoms with Gasteiger partial charge in [-0.05, 0) is 37.8 Å². The minimum Gasteiger partial charge on any atom is -0.311 e. The van der Waals surface area contributed by atoms with Crippen molar-refractivity contribution in [3.05, 3.63) is 46.5 Å². The molecule has 0 aliphatic heterocycles. The van der Waals surface area contributed by atoms with Gasteiger partial charge in [0, 0.05) is 4.88 Å². The molecule has 1 unspecified atom stereocenters. The van der Waals surface area contributed by atoms with Gasteiger partial charge >= 0.3 is 0 Å². The van der Waals surface area contributed by atoms with Crippen LogP contribution >= 0.6 is 11.3 Å². The Kier molecular flexibility index (Phi) is 4.31. The van der Waals surface area contributed by atoms with E-state index in [0.717, 1.165) is 30.1 Å². The first kappa shape index (κ1) is 14.2. The SMILES string of the molecule is CNCC(=O)Nc1nc2c(s1)CC(c1ccccc1)CC2. The van der Waals surface area contributed by atoms with Crippen LogP contribution in [0.1, 0.15) is 28.5 Å². The molecule has 5 heteroatoms. The number of aryl methyl sites for hydroxylation is 1. The van der Waals surface area contributed by atoms with Crippen molar-refractivity contribution >= 4 is 22.4 Å². The third kappa shape index (κ3) is 3.31. The molecule has 1 amide bonds. The summed E-state index contributed by atoms with van der Waals surface area (Å²) in [7, 11) is 1.76. The second-order valence-electron chi connectivity index (χ2n) is 5.32. The quantitative estimate of drug-likeness (QED) is 0.912. The highest BCUT2D eigenvalue weighted by Gasteiger charge is 2.24. The lowest BCUT2D eigenvalue weighted by Crippen LogP contribution is -2.24. The van der Waals surface area contributed by atoms with Crippen LogP contribution in [0, 0.1) is 0 Å². The van der Waals surface area contributed by atoms with Crippen LogP contribution in [-0.2, 0) is 17.6 Å². The molecule has 1 aromatic heterocycles. The van der Waals surface area contributed by atoms with Crippen LogP contribution in [0.3, 0.4) is 0 Å². The highest BCUT2D eigenvalue weighted by atomic mass is 32.1. The molecule has 0 saturated heterocycles. The van der Waals surface area contributed by atoms with Crippen molar-refractivity contribution in [1.82, 2.24) is 10.3 Å². The molecule has 1 heterocycles. The van der Waals surface area contributed by atoms with E-state index >= 15 is 0 Å². The number of nitrogens with one attached hydrogen (secondary N) is 2. The maximum absolute atomic E-state index is 11.6. The number of hydrogen-bond donors (Lipinski definition) is 2. The molecule has 0 saturated carbocycles. The number of carbonyl (C=O) groups excluding carboxylic acids is 1. The Morgan fingerprint density at radius 3 is 2.95 bits per heavy atom. The van der Waals surface area contributed by atoms with Gasteiger partial charge in [-0.25, -0.2) is 4.98 Å². The number of rotatable bonds is 4. The summed E-state index contributed by atoms with van der Waals surface area (Å²) in [5.74, 6) is 0.531. The Morgan fingerprint density at radius 2 is 2.19 bits per heavy atom. The zero-order valence-corrected chi connectivity index (χ0v) is 12.9. The summed E-state index contributed by atoms with van der Waals surface area (Å²) in [5.41, 5.74) is 2.56. The van der Waals surface area contributed by atoms with Crippen LogP contribution in [0.25, 0.3) is 0 Å². The second kappa shape index (κ2) is 6.37. The Morgan fingerprint density at radius 1 is 1.38 bits per heavy atom. The van der Waals surface area contributed by atoms with Crippen LogP contribution in [0.5, 0.6) is 0 Å². The molecule has 0 bridgehead atoms. The number of likely N-dealkylation sites (N-methyl/N-ethyl adjacent to an activating group) is 1. The number of thiazole rings is 1. The molecule has 1 aliphatic rings. The minimum absolute atomic E-state index is 0.0387. The first-order chi connectivity index (χ1) is 10.3. The molecule has 4 nitrogen and oxygen atoms in total. The molecule has 1 aromatic carbocycles. The summed E-state index contributed by atoms with van der Waals surface area (Å²) in [6.07, 6.45) is 3.15. The van der Waals surface area contributed by atoms with E-state index < -0.39 is 0 Å². The Labute approximate surface area is 128 Å². The fraction of sp³-hybridized carbons (Fsp3) is 0.375. The number of anilines is 1. The van der Waals surface area contributed by atoms with E-state index in [1.807, 2.05) is 0 Å². The van der Waals surface area contributed by atoms with Crippen LogP contribution in [0.4, 0.5) is 5.13 Å². The van der Waals surface area contributed by atoms with Crippen LogP contribution in [-0.4, -0.2) is 24.5 Å². The third-order valence-corrected chi connectivity index (χ3v) is 4.83. The van der Waals surface area contributed by atoms with E-state index in [9.17, 15) is 4.79 Å². The molecule has 0 radical (unpaired) electrons. The monoisotopic (exact) mass is 301 g/mol. The van der Waals surface area contributed by atoms with Gasteiger partial charge in [0.05, 0.1) is 12.2 Å². The van der Waals surface area contributed by atoms with E-state index in [-0.39, 0.29) is 5.91 Å². The number of benzene rings is 1. The van der Waals surface area contributed by atoms with E-state index in [4.69, 9.17) is 0 Å². The fourth-order valence-corrected chi connectivity index (χ4v) is 3.87. The van der Waals surface area contributed by atoms with Crippen molar-refractivity contribution in [3.8, 4) is 0 Å². The van der Waals surface area contributed by atoms with Gasteiger partial charge in [-0.3, -0.25) is 4.79 Å². The molecule has 1 aliphatic carbocycles. The van der Waals surface area contributed by atoms with Gasteiger partial charge in [-0.1, -0.05) is 30.3 Å². The lowest BCUT2D eigenvalue weighted by molar-refractivity contribution is -0.115. The molecule has 0 spiro atoms. The van der Waals surface area contributed by atoms with Gasteiger partial charge in [0.1, 0.15) is 0 Å². The molecule has 110 valence electrons. The van der Waals surface area contributed by atoms with Crippen molar-refractivity contribution in [2.45, 2.75) is 25.2 Å². The zero-order valence-electron chi connectivity index (χ0n) is 12.1. The number of nitrogens with zero attached hydrogens (tertiary/aromatic N) is 1. The predicted molar refractivity (Wildman–Crippen MR) is 85.9 cm³/mol. The van der Waals surface area contributed by atoms with Crippen molar-refractivity contribution in [3.63, 3.8) is 0 Å². The largest absolute Gasteiger partial charge is 0.311 e. The van der Waals surface area contributed by atoms with Crippen molar-refractivity contribution in [2.24, 2.45) is 0 Å². The van der Waals surface area contributed by atoms with Crippen molar-refractivity contribution in [1.29, 1.82) is 0 Å². The molecular weight excluding hydrogens is 282 g/mol. The summed E-state index contributed by atoms with van der Waals surface area (Å²) in [6, 6.07) is 10.7. The van der Waals surface area contributed by atoms with Crippen molar-refractivity contribution < 1.29 is 4.79 Å². The van der Waals surface area contributed by atoms with Crippen LogP contribution in [0.2, 0.25) is 0 Å². The molecule has 21 heavy (non-hydrogen) atoms. The summed E-state index contributed by atoms with van der Waals surface area (Å²) in [6.45, 7) is 0.316. The number of amides is 1. The van der Waals surface area contributed by atoms with Gasteiger partial charge in [-0.15, -0.1) is 11.3 Å². The van der Waals surface area contributed by atoms with Gasteiger partial charge in [-0.2, -0.15) is 0 Å². The lowest BCUT2D eigenvalue weighted by atomic mass is 9.85. The highest BCUT2D eigenvalue weighted by molar-refractivity contribution is 7.15. The molecular formula is C16H19N3OS. The second-order valence-corrected chi connectivity index (χ2v) is 6.40. The molecule has 2 aromatic rings. The maximum atomic E-state index is 11.6. The van der Waals surface area contributed by atoms with Gasteiger partial charge in [0.2, 0.25) is 5.91 Å². The van der Waals surface area contributed by atoms with Crippen LogP contribution < -0.4 is 10.6 Å². The van der Waals surface area contributed by atoms with Gasteiger partial charge in [0.15, 0.2) is 5.13 Å². The van der Waals surface area contributed by atoms with Crippen molar-refractivity contribution in [2.75, 3.05) is 18.9 Å². The number of aromatic nitrogens is 1. The fourth-order valence-electron chi connectivity index (χ4n) is 2.76. The Balaban J connectivity index is 1.72. The smallest absolute Gasteiger partial charge is 0.240 e. The van der Waals surface area contributed by atoms with Crippen LogP contribution in [0.15, 0.2) is 30.3 Å². The summed E-state index contributed by atoms with van der Waals surface area (Å²) in [4.78, 5) is 17.5. The number of hydrogen-bond acceptors (Lipinski definition) is 4. The van der Waals surface area contributed by atoms with E-state index in [0.29, 0.717) is 12.5 Å². The van der Waals surface area contributed by atoms with E-state index in [1.165, 1.54) is 10.4 Å². The Hall–Kier alpha value is -1.72. The first-order valence-corrected chi connectivity index (χ1v) is 8.06. The first-order valence-electron chi connectivity index (χ1n) is 7.24. The zero-order chi connectivity index (χ0) is 14.7. The summed E-state index contributed by atoms with van der Waals surface area (Å²) in [5, 5.41) is 6.43. The minimum atomic E-state index is -0.0387. The van der Waals surface area contributed by atoms with E-state index in [1.54, 1.807) is 18.4 Å². The van der Waals surface area contributed by atoms with Gasteiger partial charge in [0.25, 0.3) is 0 Å². The number of fused-ring (bicyclic) bond motifs is 1. The maximum Gasteiger partial charge on any atom is 0.240 e. The Bertz CT molecular complexity index is 624. The standard InChI is InChI=1S/C16H19N3OS/c1-17-10-15(20)19-16-18-13-8-7-12(9-14(13)21-16)11-5-3-2-4-6-11/h2-6,12,17H,7-10H2,1H3,(H,18,19,20). The molecule has 1 atom stereocenters. The molecule has 3 rings (SSSR count). The highest BCUT2D eigenvalue weighted by Crippen LogP contribution is 2.36. The number of carbonyl (C=O) groups is 1. The lowest BCUT2D eigenvalue weighted by Gasteiger charge is -2.21. The normalized spacial score (nSPS) is 17.3. The topological polar surface area (TPSA) is 54.0 Å². The molecule has 2 N–H and O–H groups in total. The average Bonchev–Trinajstić information content (AvgIpc) is 2.89. The van der Waals surface area contributed by atoms with E-state index in [2.05, 4.69) is 45.9 Å². The summed E-state index contributed by atoms with van der Waals surface area (Å²) < 4.78 is 0. The summed E-state index contributed by atoms with van der Waals surface area (Å²) >= 11 is 1.62. The third-order valence-electron chi connectivity index (χ3n) is 3.79. The molecule has 0 fully saturated rings.